The van der Waals surface area contributed by atoms with Gasteiger partial charge in [-0.05, 0) is 37.1 Å². The number of hydrogen-bond donors (Lipinski definition) is 2. The fourth-order valence-electron chi connectivity index (χ4n) is 3.92. The van der Waals surface area contributed by atoms with Gasteiger partial charge in [0.15, 0.2) is 0 Å². The average Bonchev–Trinajstić information content (AvgIpc) is 2.87. The summed E-state index contributed by atoms with van der Waals surface area (Å²) in [7, 11) is 0. The molecule has 0 atom stereocenters. The van der Waals surface area contributed by atoms with Gasteiger partial charge in [-0.2, -0.15) is 26.3 Å². The van der Waals surface area contributed by atoms with Crippen LogP contribution in [0, 0.1) is 0 Å². The van der Waals surface area contributed by atoms with Crippen molar-refractivity contribution in [3.05, 3.63) is 60.2 Å². The first-order chi connectivity index (χ1) is 18.2. The minimum absolute atomic E-state index is 0.0215. The Kier molecular flexibility index (Phi) is 11.6. The molecule has 0 bridgehead atoms. The third kappa shape index (κ3) is 11.5. The number of likely N-dealkylation sites (tertiary alicyclic amines) is 1. The maximum absolute atomic E-state index is 10.6. The highest BCUT2D eigenvalue weighted by Crippen LogP contribution is 2.31. The summed E-state index contributed by atoms with van der Waals surface area (Å²) in [5, 5.41) is 14.2. The summed E-state index contributed by atoms with van der Waals surface area (Å²) in [6.07, 6.45) is -4.22. The molecular formula is C24H28F6N4O5. The van der Waals surface area contributed by atoms with E-state index in [-0.39, 0.29) is 5.60 Å². The molecule has 2 aliphatic heterocycles. The highest BCUT2D eigenvalue weighted by atomic mass is 19.4. The van der Waals surface area contributed by atoms with Crippen molar-refractivity contribution in [3.8, 4) is 0 Å². The Balaban J connectivity index is 0.000000317. The molecule has 4 rings (SSSR count). The molecular weight excluding hydrogens is 538 g/mol. The van der Waals surface area contributed by atoms with E-state index in [1.165, 1.54) is 0 Å². The number of rotatable bonds is 4. The number of pyridine rings is 2. The lowest BCUT2D eigenvalue weighted by atomic mass is 9.89. The number of nitrogens with zero attached hydrogens (tertiary/aromatic N) is 4. The molecule has 2 aromatic heterocycles. The van der Waals surface area contributed by atoms with Gasteiger partial charge in [0.1, 0.15) is 0 Å². The topological polar surface area (TPSA) is 116 Å². The van der Waals surface area contributed by atoms with E-state index in [0.717, 1.165) is 70.1 Å². The Morgan fingerprint density at radius 2 is 1.23 bits per heavy atom. The first kappa shape index (κ1) is 31.9. The zero-order chi connectivity index (χ0) is 29.1. The number of alkyl halides is 6. The number of hydrogen-bond acceptors (Lipinski definition) is 7. The summed E-state index contributed by atoms with van der Waals surface area (Å²) in [6, 6.07) is 12.3. The van der Waals surface area contributed by atoms with Gasteiger partial charge in [-0.25, -0.2) is 9.59 Å². The maximum Gasteiger partial charge on any atom is 0.490 e. The summed E-state index contributed by atoms with van der Waals surface area (Å²) in [6.45, 7) is 6.85. The number of halogens is 6. The number of aliphatic carboxylic acids is 2. The molecule has 1 spiro atoms. The van der Waals surface area contributed by atoms with E-state index in [1.54, 1.807) is 0 Å². The van der Waals surface area contributed by atoms with Gasteiger partial charge in [-0.15, -0.1) is 0 Å². The molecule has 0 aromatic carbocycles. The molecule has 4 heterocycles. The maximum atomic E-state index is 10.6. The van der Waals surface area contributed by atoms with Gasteiger partial charge in [0.05, 0.1) is 23.6 Å². The number of piperidine rings is 1. The molecule has 2 aromatic rings. The SMILES string of the molecule is O=C(O)C(F)(F)F.O=C(O)C(F)(F)F.c1ccc(CN2CCC3(CC2)CN(Cc2ccccn2)CCO3)nc1. The monoisotopic (exact) mass is 566 g/mol. The first-order valence-corrected chi connectivity index (χ1v) is 11.7. The van der Waals surface area contributed by atoms with Gasteiger partial charge < -0.3 is 14.9 Å². The van der Waals surface area contributed by atoms with Crippen molar-refractivity contribution in [2.75, 3.05) is 32.8 Å². The van der Waals surface area contributed by atoms with Gasteiger partial charge in [0, 0.05) is 51.7 Å². The van der Waals surface area contributed by atoms with Crippen molar-refractivity contribution >= 4 is 11.9 Å². The van der Waals surface area contributed by atoms with E-state index in [2.05, 4.69) is 44.0 Å². The Hall–Kier alpha value is -3.30. The van der Waals surface area contributed by atoms with E-state index in [4.69, 9.17) is 24.5 Å². The first-order valence-electron chi connectivity index (χ1n) is 11.7. The standard InChI is InChI=1S/C20H26N4O.2C2HF3O2/c1-3-9-21-18(5-1)15-23-11-7-20(8-12-23)17-24(13-14-25-20)16-19-6-2-4-10-22-19;2*3-2(4,5)1(6)7/h1-6,9-10H,7-8,11-17H2;2*(H,6,7). The van der Waals surface area contributed by atoms with E-state index >= 15 is 0 Å². The van der Waals surface area contributed by atoms with Crippen LogP contribution < -0.4 is 0 Å². The van der Waals surface area contributed by atoms with Crippen molar-refractivity contribution in [1.82, 2.24) is 19.8 Å². The second-order valence-corrected chi connectivity index (χ2v) is 8.77. The lowest BCUT2D eigenvalue weighted by Gasteiger charge is -2.47. The number of carbonyl (C=O) groups is 2. The normalized spacial score (nSPS) is 17.8. The van der Waals surface area contributed by atoms with Crippen LogP contribution >= 0.6 is 0 Å². The molecule has 2 N–H and O–H groups in total. The van der Waals surface area contributed by atoms with E-state index in [0.29, 0.717) is 0 Å². The molecule has 2 saturated heterocycles. The largest absolute Gasteiger partial charge is 0.490 e. The van der Waals surface area contributed by atoms with Gasteiger partial charge >= 0.3 is 24.3 Å². The molecule has 2 aliphatic rings. The lowest BCUT2D eigenvalue weighted by molar-refractivity contribution is -0.193. The Morgan fingerprint density at radius 3 is 1.62 bits per heavy atom. The number of morpholine rings is 1. The van der Waals surface area contributed by atoms with Crippen molar-refractivity contribution in [2.24, 2.45) is 0 Å². The van der Waals surface area contributed by atoms with Crippen molar-refractivity contribution in [1.29, 1.82) is 0 Å². The van der Waals surface area contributed by atoms with Crippen LogP contribution in [0.3, 0.4) is 0 Å². The van der Waals surface area contributed by atoms with Crippen LogP contribution in [0.15, 0.2) is 48.8 Å². The average molecular weight is 566 g/mol. The zero-order valence-corrected chi connectivity index (χ0v) is 20.7. The number of carboxylic acids is 2. The smallest absolute Gasteiger partial charge is 0.475 e. The fourth-order valence-corrected chi connectivity index (χ4v) is 3.92. The van der Waals surface area contributed by atoms with Crippen LogP contribution in [0.2, 0.25) is 0 Å². The second-order valence-electron chi connectivity index (χ2n) is 8.77. The summed E-state index contributed by atoms with van der Waals surface area (Å²) in [5.74, 6) is -5.51. The molecule has 15 heteroatoms. The van der Waals surface area contributed by atoms with Crippen molar-refractivity contribution < 1.29 is 50.9 Å². The molecule has 0 amide bonds. The number of aromatic nitrogens is 2. The van der Waals surface area contributed by atoms with E-state index in [9.17, 15) is 26.3 Å². The summed E-state index contributed by atoms with van der Waals surface area (Å²) in [4.78, 5) is 31.7. The molecule has 0 saturated carbocycles. The zero-order valence-electron chi connectivity index (χ0n) is 20.7. The molecule has 0 aliphatic carbocycles. The third-order valence-electron chi connectivity index (χ3n) is 5.80. The van der Waals surface area contributed by atoms with Crippen LogP contribution in [0.1, 0.15) is 24.2 Å². The van der Waals surface area contributed by atoms with Gasteiger partial charge in [-0.3, -0.25) is 19.8 Å². The quantitative estimate of drug-likeness (QED) is 0.536. The Bertz CT molecular complexity index is 1010. The predicted molar refractivity (Wildman–Crippen MR) is 124 cm³/mol. The van der Waals surface area contributed by atoms with Crippen LogP contribution in [0.25, 0.3) is 0 Å². The van der Waals surface area contributed by atoms with Crippen molar-refractivity contribution in [3.63, 3.8) is 0 Å². The predicted octanol–water partition coefficient (Wildman–Crippen LogP) is 3.61. The third-order valence-corrected chi connectivity index (χ3v) is 5.80. The summed E-state index contributed by atoms with van der Waals surface area (Å²) >= 11 is 0. The molecule has 39 heavy (non-hydrogen) atoms. The Labute approximate surface area is 220 Å². The van der Waals surface area contributed by atoms with E-state index in [1.807, 2.05) is 24.5 Å². The van der Waals surface area contributed by atoms with Crippen LogP contribution in [0.5, 0.6) is 0 Å². The lowest BCUT2D eigenvalue weighted by Crippen LogP contribution is -2.56. The highest BCUT2D eigenvalue weighted by Gasteiger charge is 2.40. The minimum Gasteiger partial charge on any atom is -0.475 e. The van der Waals surface area contributed by atoms with Gasteiger partial charge in [0.2, 0.25) is 0 Å². The molecule has 0 unspecified atom stereocenters. The molecule has 0 radical (unpaired) electrons. The van der Waals surface area contributed by atoms with Crippen LogP contribution in [0.4, 0.5) is 26.3 Å². The highest BCUT2D eigenvalue weighted by molar-refractivity contribution is 5.73. The molecule has 216 valence electrons. The molecule has 9 nitrogen and oxygen atoms in total. The van der Waals surface area contributed by atoms with Gasteiger partial charge in [0.25, 0.3) is 0 Å². The number of ether oxygens (including phenoxy) is 1. The number of carboxylic acid groups (broad SMARTS) is 2. The molecule has 2 fully saturated rings. The van der Waals surface area contributed by atoms with Gasteiger partial charge in [-0.1, -0.05) is 12.1 Å². The summed E-state index contributed by atoms with van der Waals surface area (Å²) < 4.78 is 69.7. The van der Waals surface area contributed by atoms with E-state index < -0.39 is 24.3 Å². The second kappa shape index (κ2) is 14.2. The minimum atomic E-state index is -5.08. The fraction of sp³-hybridized carbons (Fsp3) is 0.500. The van der Waals surface area contributed by atoms with Crippen LogP contribution in [-0.2, 0) is 27.4 Å². The van der Waals surface area contributed by atoms with Crippen LogP contribution in [-0.4, -0.2) is 92.7 Å². The summed E-state index contributed by atoms with van der Waals surface area (Å²) in [5.41, 5.74) is 2.32. The van der Waals surface area contributed by atoms with Crippen molar-refractivity contribution in [2.45, 2.75) is 43.9 Å². The Morgan fingerprint density at radius 1 is 0.795 bits per heavy atom.